The molecule has 3 aliphatic rings. The molecule has 3 unspecified atom stereocenters. The summed E-state index contributed by atoms with van der Waals surface area (Å²) in [5.74, 6) is -3.86. The number of aliphatic hydroxyl groups is 1. The Morgan fingerprint density at radius 1 is 0.843 bits per heavy atom. The number of rotatable bonds is 9. The van der Waals surface area contributed by atoms with Crippen molar-refractivity contribution in [2.75, 3.05) is 0 Å². The molecule has 1 amide bonds. The van der Waals surface area contributed by atoms with E-state index in [4.69, 9.17) is 9.47 Å². The molecule has 1 spiro atoms. The van der Waals surface area contributed by atoms with Crippen molar-refractivity contribution in [3.05, 3.63) is 149 Å². The molecule has 0 aromatic heterocycles. The summed E-state index contributed by atoms with van der Waals surface area (Å²) in [4.78, 5) is 45.1. The molecule has 0 radical (unpaired) electrons. The van der Waals surface area contributed by atoms with Gasteiger partial charge in [-0.15, -0.1) is 11.8 Å². The molecular weight excluding hydrogens is 659 g/mol. The normalized spacial score (nSPS) is 24.7. The van der Waals surface area contributed by atoms with Crippen LogP contribution in [-0.2, 0) is 32.1 Å². The number of amides is 1. The van der Waals surface area contributed by atoms with E-state index in [0.29, 0.717) is 16.9 Å². The van der Waals surface area contributed by atoms with E-state index in [-0.39, 0.29) is 35.7 Å². The summed E-state index contributed by atoms with van der Waals surface area (Å²) < 4.78 is 11.6. The Labute approximate surface area is 303 Å². The Kier molecular flexibility index (Phi) is 8.85. The van der Waals surface area contributed by atoms with Crippen LogP contribution in [0.25, 0.3) is 0 Å². The lowest BCUT2D eigenvalue weighted by Gasteiger charge is -2.56. The Hall–Kier alpha value is -4.50. The number of β-lactam (4-membered cyclic amide) rings is 1. The smallest absolute Gasteiger partial charge is 0.339 e. The highest BCUT2D eigenvalue weighted by Gasteiger charge is 2.77. The quantitative estimate of drug-likeness (QED) is 0.0625. The van der Waals surface area contributed by atoms with Crippen molar-refractivity contribution in [1.82, 2.24) is 4.90 Å². The van der Waals surface area contributed by atoms with E-state index in [2.05, 4.69) is 20.8 Å². The van der Waals surface area contributed by atoms with Crippen LogP contribution in [0.5, 0.6) is 5.75 Å². The molecule has 0 saturated carbocycles. The van der Waals surface area contributed by atoms with Gasteiger partial charge in [0.1, 0.15) is 11.8 Å². The lowest BCUT2D eigenvalue weighted by molar-refractivity contribution is -0.270. The molecule has 5 atom stereocenters. The number of nitrogens with zero attached hydrogens (tertiary/aromatic N) is 1. The second-order valence-electron chi connectivity index (χ2n) is 15.3. The van der Waals surface area contributed by atoms with E-state index in [0.717, 1.165) is 11.1 Å². The second-order valence-corrected chi connectivity index (χ2v) is 17.0. The van der Waals surface area contributed by atoms with E-state index < -0.39 is 39.3 Å². The zero-order valence-corrected chi connectivity index (χ0v) is 30.4. The van der Waals surface area contributed by atoms with Gasteiger partial charge in [0.05, 0.1) is 23.3 Å². The van der Waals surface area contributed by atoms with Gasteiger partial charge in [0, 0.05) is 21.4 Å². The third-order valence-electron chi connectivity index (χ3n) is 10.5. The number of hydrogen-bond donors (Lipinski definition) is 1. The molecule has 8 heteroatoms. The number of ketones is 1. The lowest BCUT2D eigenvalue weighted by atomic mass is 9.64. The first-order valence-corrected chi connectivity index (χ1v) is 18.2. The highest BCUT2D eigenvalue weighted by molar-refractivity contribution is 8.01. The van der Waals surface area contributed by atoms with Crippen LogP contribution in [0.4, 0.5) is 0 Å². The monoisotopic (exact) mass is 701 g/mol. The summed E-state index contributed by atoms with van der Waals surface area (Å²) in [5, 5.41) is 12.2. The number of benzene rings is 4. The molecule has 0 bridgehead atoms. The third-order valence-corrected chi connectivity index (χ3v) is 12.2. The van der Waals surface area contributed by atoms with Crippen molar-refractivity contribution in [2.45, 2.75) is 75.0 Å². The minimum Gasteiger partial charge on any atom is -0.423 e. The molecule has 1 N–H and O–H groups in total. The summed E-state index contributed by atoms with van der Waals surface area (Å²) in [5.41, 5.74) is 1.77. The number of carbonyl (C=O) groups excluding carboxylic acids is 3. The fourth-order valence-electron chi connectivity index (χ4n) is 7.94. The number of fused-ring (bicyclic) bond motifs is 2. The maximum Gasteiger partial charge on any atom is 0.339 e. The predicted molar refractivity (Wildman–Crippen MR) is 198 cm³/mol. The van der Waals surface area contributed by atoms with E-state index in [1.54, 1.807) is 59.5 Å². The van der Waals surface area contributed by atoms with E-state index in [1.807, 2.05) is 80.6 Å². The Bertz CT molecular complexity index is 1970. The van der Waals surface area contributed by atoms with Gasteiger partial charge >= 0.3 is 5.97 Å². The van der Waals surface area contributed by atoms with Crippen LogP contribution in [-0.4, -0.2) is 43.8 Å². The summed E-state index contributed by atoms with van der Waals surface area (Å²) in [6.07, 6.45) is 1.90. The van der Waals surface area contributed by atoms with Crippen molar-refractivity contribution in [3.8, 4) is 5.75 Å². The van der Waals surface area contributed by atoms with Crippen LogP contribution in [0.2, 0.25) is 0 Å². The van der Waals surface area contributed by atoms with Gasteiger partial charge in [0.2, 0.25) is 11.7 Å². The minimum absolute atomic E-state index is 0.0730. The molecule has 4 aromatic carbocycles. The molecule has 7 rings (SSSR count). The third kappa shape index (κ3) is 5.93. The summed E-state index contributed by atoms with van der Waals surface area (Å²) in [6, 6.07) is 34.1. The highest BCUT2D eigenvalue weighted by Crippen LogP contribution is 2.68. The lowest BCUT2D eigenvalue weighted by Crippen LogP contribution is -2.73. The molecule has 2 heterocycles. The molecule has 2 aliphatic heterocycles. The van der Waals surface area contributed by atoms with Gasteiger partial charge in [0.15, 0.2) is 5.78 Å². The molecule has 2 fully saturated rings. The fourth-order valence-corrected chi connectivity index (χ4v) is 9.79. The van der Waals surface area contributed by atoms with Crippen LogP contribution >= 0.6 is 11.8 Å². The van der Waals surface area contributed by atoms with Crippen LogP contribution in [0, 0.1) is 11.3 Å². The van der Waals surface area contributed by atoms with Gasteiger partial charge in [-0.3, -0.25) is 9.59 Å². The first-order valence-electron chi connectivity index (χ1n) is 17.4. The Morgan fingerprint density at radius 2 is 1.43 bits per heavy atom. The van der Waals surface area contributed by atoms with Crippen LogP contribution in [0.3, 0.4) is 0 Å². The summed E-state index contributed by atoms with van der Waals surface area (Å²) in [6.45, 7) is 10.4. The number of allylic oxidation sites excluding steroid dienone is 1. The number of esters is 1. The molecular formula is C43H43NO6S. The Balaban J connectivity index is 1.24. The van der Waals surface area contributed by atoms with E-state index in [1.165, 1.54) is 11.8 Å². The van der Waals surface area contributed by atoms with Crippen LogP contribution in [0.1, 0.15) is 68.1 Å². The van der Waals surface area contributed by atoms with Gasteiger partial charge in [-0.05, 0) is 48.9 Å². The topological polar surface area (TPSA) is 93.1 Å². The van der Waals surface area contributed by atoms with Crippen molar-refractivity contribution in [2.24, 2.45) is 11.3 Å². The van der Waals surface area contributed by atoms with Crippen LogP contribution < -0.4 is 4.74 Å². The SMILES string of the molecule is CC(C)(C)c1ccc(OC(=O)C2=CCC3(C(=O)N4[C@@H](C(O)(OCc5ccccc5)c5ccccc5)C(C)(C)S[C@@H]43)C2C(=O)c2ccccc2)cc1. The summed E-state index contributed by atoms with van der Waals surface area (Å²) >= 11 is 1.53. The molecule has 1 aliphatic carbocycles. The van der Waals surface area contributed by atoms with E-state index >= 15 is 0 Å². The van der Waals surface area contributed by atoms with Gasteiger partial charge in [-0.2, -0.15) is 0 Å². The second kappa shape index (κ2) is 12.9. The number of hydrogen-bond acceptors (Lipinski definition) is 7. The van der Waals surface area contributed by atoms with Crippen molar-refractivity contribution in [1.29, 1.82) is 0 Å². The zero-order chi connectivity index (χ0) is 36.2. The predicted octanol–water partition coefficient (Wildman–Crippen LogP) is 7.83. The molecule has 7 nitrogen and oxygen atoms in total. The van der Waals surface area contributed by atoms with Crippen molar-refractivity contribution < 1.29 is 29.0 Å². The van der Waals surface area contributed by atoms with Crippen LogP contribution in [0.15, 0.2) is 127 Å². The van der Waals surface area contributed by atoms with Gasteiger partial charge < -0.3 is 19.5 Å². The number of thioether (sulfide) groups is 1. The first kappa shape index (κ1) is 34.9. The Morgan fingerprint density at radius 3 is 2.04 bits per heavy atom. The number of ether oxygens (including phenoxy) is 2. The number of Topliss-reactive ketones (excluding diaryl/α,β-unsaturated/α-hetero) is 1. The van der Waals surface area contributed by atoms with Gasteiger partial charge in [0.25, 0.3) is 0 Å². The number of carbonyl (C=O) groups is 3. The standard InChI is InChI=1S/C43H43NO6S/c1-40(2,3)30-21-23-32(24-22-30)50-36(46)33-25-26-42(34(33)35(45)29-17-11-7-12-18-29)38(47)44-37(41(4,5)51-39(42)44)43(48,31-19-13-8-14-20-31)49-27-28-15-9-6-10-16-28/h6-25,34,37,39,48H,26-27H2,1-5H3/t34?,37-,39-,42?,43?/m1/s1. The zero-order valence-electron chi connectivity index (χ0n) is 29.5. The summed E-state index contributed by atoms with van der Waals surface area (Å²) in [7, 11) is 0. The molecule has 2 saturated heterocycles. The average molecular weight is 702 g/mol. The maximum absolute atomic E-state index is 14.9. The average Bonchev–Trinajstić information content (AvgIpc) is 3.67. The van der Waals surface area contributed by atoms with Gasteiger partial charge in [-0.1, -0.05) is 130 Å². The van der Waals surface area contributed by atoms with Crippen molar-refractivity contribution >= 4 is 29.4 Å². The highest BCUT2D eigenvalue weighted by atomic mass is 32.2. The molecule has 4 aromatic rings. The molecule has 51 heavy (non-hydrogen) atoms. The van der Waals surface area contributed by atoms with Crippen molar-refractivity contribution in [3.63, 3.8) is 0 Å². The van der Waals surface area contributed by atoms with Gasteiger partial charge in [-0.25, -0.2) is 4.79 Å². The largest absolute Gasteiger partial charge is 0.423 e. The molecule has 262 valence electrons. The maximum atomic E-state index is 14.9. The first-order chi connectivity index (χ1) is 24.3. The minimum atomic E-state index is -1.88. The fraction of sp³-hybridized carbons (Fsp3) is 0.326. The van der Waals surface area contributed by atoms with E-state index in [9.17, 15) is 19.5 Å².